The number of alkyl halides is 1. The van der Waals surface area contributed by atoms with Crippen molar-refractivity contribution >= 4 is 45.7 Å². The Hall–Kier alpha value is -0.890. The number of Topliss-reactive ketones (excluding diaryl/α,β-unsaturated/α-hetero) is 1. The van der Waals surface area contributed by atoms with Gasteiger partial charge in [0.1, 0.15) is 9.32 Å². The van der Waals surface area contributed by atoms with E-state index in [1.54, 1.807) is 22.6 Å². The molecule has 0 radical (unpaired) electrons. The van der Waals surface area contributed by atoms with E-state index in [4.69, 9.17) is 16.3 Å². The molecular formula is C9H7ClINO4. The molecule has 1 aromatic carbocycles. The fourth-order valence-corrected chi connectivity index (χ4v) is 2.26. The predicted molar refractivity (Wildman–Crippen MR) is 67.4 cm³/mol. The van der Waals surface area contributed by atoms with Crippen LogP contribution in [0.1, 0.15) is 10.4 Å². The van der Waals surface area contributed by atoms with Crippen molar-refractivity contribution in [3.63, 3.8) is 0 Å². The normalized spacial score (nSPS) is 9.94. The molecular weight excluding hydrogens is 348 g/mol. The first kappa shape index (κ1) is 13.2. The third-order valence-corrected chi connectivity index (χ3v) is 3.23. The van der Waals surface area contributed by atoms with E-state index in [2.05, 4.69) is 0 Å². The number of nitro benzene ring substituents is 1. The highest BCUT2D eigenvalue weighted by Gasteiger charge is 2.23. The second-order valence-corrected chi connectivity index (χ2v) is 4.14. The Labute approximate surface area is 110 Å². The van der Waals surface area contributed by atoms with Gasteiger partial charge in [0.05, 0.1) is 23.5 Å². The summed E-state index contributed by atoms with van der Waals surface area (Å²) in [6.45, 7) is 0. The zero-order valence-electron chi connectivity index (χ0n) is 8.20. The minimum atomic E-state index is -0.549. The minimum Gasteiger partial charge on any atom is -0.496 e. The van der Waals surface area contributed by atoms with Crippen LogP contribution in [0, 0.1) is 13.7 Å². The number of nitro groups is 1. The lowest BCUT2D eigenvalue weighted by Crippen LogP contribution is -2.08. The molecule has 0 saturated heterocycles. The van der Waals surface area contributed by atoms with Gasteiger partial charge in [-0.2, -0.15) is 0 Å². The Morgan fingerprint density at radius 2 is 2.25 bits per heavy atom. The predicted octanol–water partition coefficient (Wildman–Crippen LogP) is 2.63. The van der Waals surface area contributed by atoms with Crippen LogP contribution < -0.4 is 4.74 Å². The Bertz CT molecular complexity index is 449. The van der Waals surface area contributed by atoms with Crippen molar-refractivity contribution < 1.29 is 14.5 Å². The number of methoxy groups -OCH3 is 1. The molecule has 0 spiro atoms. The first-order chi connectivity index (χ1) is 7.52. The molecule has 0 aliphatic rings. The average Bonchev–Trinajstić information content (AvgIpc) is 2.26. The molecule has 0 N–H and O–H groups in total. The fraction of sp³-hybridized carbons (Fsp3) is 0.222. The van der Waals surface area contributed by atoms with Crippen LogP contribution in [0.4, 0.5) is 5.69 Å². The number of carbonyl (C=O) groups excluding carboxylic acids is 1. The van der Waals surface area contributed by atoms with Gasteiger partial charge in [-0.15, -0.1) is 11.6 Å². The Morgan fingerprint density at radius 3 is 2.69 bits per heavy atom. The molecule has 0 unspecified atom stereocenters. The monoisotopic (exact) mass is 355 g/mol. The summed E-state index contributed by atoms with van der Waals surface area (Å²) in [4.78, 5) is 21.7. The maximum atomic E-state index is 11.5. The quantitative estimate of drug-likeness (QED) is 0.274. The van der Waals surface area contributed by atoms with E-state index in [-0.39, 0.29) is 20.7 Å². The number of hydrogen-bond acceptors (Lipinski definition) is 4. The van der Waals surface area contributed by atoms with Crippen molar-refractivity contribution in [1.29, 1.82) is 0 Å². The highest BCUT2D eigenvalue weighted by Crippen LogP contribution is 2.32. The molecule has 0 aliphatic heterocycles. The van der Waals surface area contributed by atoms with Gasteiger partial charge in [-0.3, -0.25) is 14.9 Å². The van der Waals surface area contributed by atoms with E-state index in [1.165, 1.54) is 19.2 Å². The average molecular weight is 356 g/mol. The van der Waals surface area contributed by atoms with Crippen LogP contribution in [-0.2, 0) is 0 Å². The Balaban J connectivity index is 3.46. The van der Waals surface area contributed by atoms with Crippen LogP contribution in [0.15, 0.2) is 12.1 Å². The lowest BCUT2D eigenvalue weighted by molar-refractivity contribution is -0.385. The molecule has 0 atom stereocenters. The van der Waals surface area contributed by atoms with Crippen LogP contribution in [0.2, 0.25) is 0 Å². The molecule has 5 nitrogen and oxygen atoms in total. The Kier molecular flexibility index (Phi) is 4.48. The van der Waals surface area contributed by atoms with E-state index >= 15 is 0 Å². The molecule has 0 aromatic heterocycles. The van der Waals surface area contributed by atoms with Crippen molar-refractivity contribution in [3.8, 4) is 5.75 Å². The molecule has 1 rings (SSSR count). The van der Waals surface area contributed by atoms with Gasteiger partial charge in [0, 0.05) is 6.07 Å². The van der Waals surface area contributed by atoms with Crippen molar-refractivity contribution in [3.05, 3.63) is 31.4 Å². The van der Waals surface area contributed by atoms with Crippen molar-refractivity contribution in [1.82, 2.24) is 0 Å². The summed E-state index contributed by atoms with van der Waals surface area (Å²) in [7, 11) is 1.39. The first-order valence-electron chi connectivity index (χ1n) is 4.13. The van der Waals surface area contributed by atoms with Gasteiger partial charge in [0.25, 0.3) is 5.69 Å². The Morgan fingerprint density at radius 1 is 1.62 bits per heavy atom. The van der Waals surface area contributed by atoms with Crippen molar-refractivity contribution in [2.75, 3.05) is 13.0 Å². The van der Waals surface area contributed by atoms with Crippen LogP contribution in [0.25, 0.3) is 0 Å². The molecule has 7 heteroatoms. The highest BCUT2D eigenvalue weighted by molar-refractivity contribution is 14.1. The van der Waals surface area contributed by atoms with Crippen LogP contribution in [0.5, 0.6) is 5.75 Å². The lowest BCUT2D eigenvalue weighted by Gasteiger charge is -2.08. The molecule has 0 aliphatic carbocycles. The molecule has 86 valence electrons. The van der Waals surface area contributed by atoms with Crippen LogP contribution in [-0.4, -0.2) is 23.7 Å². The number of halogens is 2. The van der Waals surface area contributed by atoms with Gasteiger partial charge < -0.3 is 4.74 Å². The highest BCUT2D eigenvalue weighted by atomic mass is 127. The summed E-state index contributed by atoms with van der Waals surface area (Å²) in [6, 6.07) is 2.69. The van der Waals surface area contributed by atoms with E-state index in [9.17, 15) is 14.9 Å². The van der Waals surface area contributed by atoms with Crippen LogP contribution >= 0.6 is 34.2 Å². The van der Waals surface area contributed by atoms with Gasteiger partial charge in [0.2, 0.25) is 0 Å². The van der Waals surface area contributed by atoms with Gasteiger partial charge >= 0.3 is 0 Å². The number of ketones is 1. The van der Waals surface area contributed by atoms with Gasteiger partial charge in [-0.1, -0.05) is 0 Å². The SMILES string of the molecule is COc1ccc([N+](=O)[O-])c(I)c1C(=O)CCl. The molecule has 0 fully saturated rings. The lowest BCUT2D eigenvalue weighted by atomic mass is 10.1. The van der Waals surface area contributed by atoms with E-state index in [0.29, 0.717) is 5.75 Å². The number of ether oxygens (including phenoxy) is 1. The summed E-state index contributed by atoms with van der Waals surface area (Å²) in [5.41, 5.74) is 0.0298. The number of nitrogens with zero attached hydrogens (tertiary/aromatic N) is 1. The third kappa shape index (κ3) is 2.43. The second kappa shape index (κ2) is 5.44. The molecule has 0 amide bonds. The molecule has 0 heterocycles. The van der Waals surface area contributed by atoms with Gasteiger partial charge in [-0.25, -0.2) is 0 Å². The molecule has 0 saturated carbocycles. The standard InChI is InChI=1S/C9H7ClINO4/c1-16-7-3-2-5(12(14)15)9(11)8(7)6(13)4-10/h2-3H,4H2,1H3. The summed E-state index contributed by atoms with van der Waals surface area (Å²) >= 11 is 7.18. The first-order valence-corrected chi connectivity index (χ1v) is 5.74. The van der Waals surface area contributed by atoms with Gasteiger partial charge in [0.15, 0.2) is 5.78 Å². The number of hydrogen-bond donors (Lipinski definition) is 0. The zero-order chi connectivity index (χ0) is 12.3. The van der Waals surface area contributed by atoms with E-state index in [0.717, 1.165) is 0 Å². The molecule has 0 bridgehead atoms. The number of carbonyl (C=O) groups is 1. The summed E-state index contributed by atoms with van der Waals surface area (Å²) in [6.07, 6.45) is 0. The van der Waals surface area contributed by atoms with E-state index in [1.807, 2.05) is 0 Å². The van der Waals surface area contributed by atoms with Crippen LogP contribution in [0.3, 0.4) is 0 Å². The third-order valence-electron chi connectivity index (χ3n) is 1.90. The maximum absolute atomic E-state index is 11.5. The smallest absolute Gasteiger partial charge is 0.283 e. The number of benzene rings is 1. The van der Waals surface area contributed by atoms with Crippen molar-refractivity contribution in [2.24, 2.45) is 0 Å². The molecule has 1 aromatic rings. The van der Waals surface area contributed by atoms with Gasteiger partial charge in [-0.05, 0) is 28.7 Å². The minimum absolute atomic E-state index is 0.130. The summed E-state index contributed by atoms with van der Waals surface area (Å²) in [5.74, 6) is -0.347. The van der Waals surface area contributed by atoms with E-state index < -0.39 is 10.7 Å². The molecule has 16 heavy (non-hydrogen) atoms. The summed E-state index contributed by atoms with van der Waals surface area (Å²) < 4.78 is 5.22. The largest absolute Gasteiger partial charge is 0.496 e. The summed E-state index contributed by atoms with van der Waals surface area (Å²) in [5, 5.41) is 10.7. The second-order valence-electron chi connectivity index (χ2n) is 2.79. The zero-order valence-corrected chi connectivity index (χ0v) is 11.1. The topological polar surface area (TPSA) is 69.4 Å². The van der Waals surface area contributed by atoms with Crippen molar-refractivity contribution in [2.45, 2.75) is 0 Å². The maximum Gasteiger partial charge on any atom is 0.283 e. The fourth-order valence-electron chi connectivity index (χ4n) is 1.19. The number of rotatable bonds is 4.